The quantitative estimate of drug-likeness (QED) is 0.690. The first-order chi connectivity index (χ1) is 10.1. The summed E-state index contributed by atoms with van der Waals surface area (Å²) in [6.45, 7) is 5.40. The van der Waals surface area contributed by atoms with Crippen LogP contribution in [0, 0.1) is 0 Å². The van der Waals surface area contributed by atoms with Crippen molar-refractivity contribution in [3.8, 4) is 0 Å². The molecule has 1 aliphatic carbocycles. The van der Waals surface area contributed by atoms with Crippen molar-refractivity contribution in [1.29, 1.82) is 0 Å². The zero-order valence-corrected chi connectivity index (χ0v) is 13.8. The van der Waals surface area contributed by atoms with Gasteiger partial charge < -0.3 is 21.1 Å². The predicted octanol–water partition coefficient (Wildman–Crippen LogP) is 2.79. The average molecular weight is 311 g/mol. The number of hydrogen-bond donors (Lipinski definition) is 3. The second kappa shape index (κ2) is 7.13. The topological polar surface area (TPSA) is 76.4 Å². The zero-order chi connectivity index (χ0) is 15.4. The van der Waals surface area contributed by atoms with Crippen LogP contribution in [0.1, 0.15) is 54.3 Å². The van der Waals surface area contributed by atoms with Crippen LogP contribution in [0.3, 0.4) is 0 Å². The summed E-state index contributed by atoms with van der Waals surface area (Å²) in [6, 6.07) is 0.192. The molecule has 1 heterocycles. The lowest BCUT2D eigenvalue weighted by molar-refractivity contribution is 0.0958. The smallest absolute Gasteiger partial charge is 0.263 e. The van der Waals surface area contributed by atoms with E-state index in [4.69, 9.17) is 10.5 Å². The molecule has 1 aromatic heterocycles. The Bertz CT molecular complexity index is 497. The van der Waals surface area contributed by atoms with Crippen LogP contribution >= 0.6 is 11.3 Å². The van der Waals surface area contributed by atoms with Crippen LogP contribution in [-0.4, -0.2) is 32.2 Å². The number of nitrogens with two attached hydrogens (primary N) is 1. The molecule has 1 atom stereocenters. The van der Waals surface area contributed by atoms with Crippen LogP contribution < -0.4 is 16.4 Å². The van der Waals surface area contributed by atoms with E-state index in [9.17, 15) is 4.79 Å². The summed E-state index contributed by atoms with van der Waals surface area (Å²) >= 11 is 1.46. The van der Waals surface area contributed by atoms with Crippen molar-refractivity contribution in [1.82, 2.24) is 5.32 Å². The van der Waals surface area contributed by atoms with Crippen LogP contribution in [-0.2, 0) is 4.74 Å². The van der Waals surface area contributed by atoms with Gasteiger partial charge in [0.25, 0.3) is 5.91 Å². The Morgan fingerprint density at radius 1 is 1.52 bits per heavy atom. The molecular formula is C15H25N3O2S. The van der Waals surface area contributed by atoms with Crippen molar-refractivity contribution in [2.45, 2.75) is 45.1 Å². The highest BCUT2D eigenvalue weighted by Gasteiger charge is 2.33. The number of hydrogen-bond acceptors (Lipinski definition) is 5. The molecule has 5 nitrogen and oxygen atoms in total. The molecule has 1 saturated carbocycles. The standard InChI is InChI=1S/C15H25N3O2S/c1-4-7-17-14(19)13-12(16)11(10-5-6-10)15(21-13)18-9(2)8-20-3/h9-10,18H,4-8,16H2,1-3H3,(H,17,19). The molecule has 1 unspecified atom stereocenters. The molecule has 0 radical (unpaired) electrons. The van der Waals surface area contributed by atoms with Gasteiger partial charge in [0.05, 0.1) is 17.3 Å². The number of methoxy groups -OCH3 is 1. The summed E-state index contributed by atoms with van der Waals surface area (Å²) in [5, 5.41) is 7.37. The third kappa shape index (κ3) is 3.89. The molecule has 0 saturated heterocycles. The minimum absolute atomic E-state index is 0.0614. The van der Waals surface area contributed by atoms with Crippen molar-refractivity contribution in [2.75, 3.05) is 31.3 Å². The van der Waals surface area contributed by atoms with Gasteiger partial charge in [-0.15, -0.1) is 11.3 Å². The van der Waals surface area contributed by atoms with Gasteiger partial charge in [-0.25, -0.2) is 0 Å². The molecule has 6 heteroatoms. The number of ether oxygens (including phenoxy) is 1. The lowest BCUT2D eigenvalue weighted by atomic mass is 10.1. The highest BCUT2D eigenvalue weighted by molar-refractivity contribution is 7.18. The molecule has 0 spiro atoms. The van der Waals surface area contributed by atoms with Gasteiger partial charge in [-0.3, -0.25) is 4.79 Å². The van der Waals surface area contributed by atoms with E-state index < -0.39 is 0 Å². The first-order valence-electron chi connectivity index (χ1n) is 7.54. The molecule has 0 aromatic carbocycles. The first-order valence-corrected chi connectivity index (χ1v) is 8.35. The SMILES string of the molecule is CCCNC(=O)c1sc(NC(C)COC)c(C2CC2)c1N. The Morgan fingerprint density at radius 2 is 2.24 bits per heavy atom. The predicted molar refractivity (Wildman–Crippen MR) is 88.3 cm³/mol. The Labute approximate surface area is 130 Å². The highest BCUT2D eigenvalue weighted by Crippen LogP contribution is 2.50. The van der Waals surface area contributed by atoms with Crippen molar-refractivity contribution in [3.05, 3.63) is 10.4 Å². The highest BCUT2D eigenvalue weighted by atomic mass is 32.1. The number of amides is 1. The maximum absolute atomic E-state index is 12.2. The van der Waals surface area contributed by atoms with Gasteiger partial charge in [0, 0.05) is 25.3 Å². The third-order valence-corrected chi connectivity index (χ3v) is 4.66. The van der Waals surface area contributed by atoms with Crippen molar-refractivity contribution < 1.29 is 9.53 Å². The molecule has 118 valence electrons. The average Bonchev–Trinajstić information content (AvgIpc) is 3.22. The molecule has 2 rings (SSSR count). The Hall–Kier alpha value is -1.27. The summed E-state index contributed by atoms with van der Waals surface area (Å²) in [5.74, 6) is 0.444. The van der Waals surface area contributed by atoms with Crippen LogP contribution in [0.25, 0.3) is 0 Å². The van der Waals surface area contributed by atoms with Gasteiger partial charge >= 0.3 is 0 Å². The van der Waals surface area contributed by atoms with Crippen molar-refractivity contribution in [3.63, 3.8) is 0 Å². The molecule has 21 heavy (non-hydrogen) atoms. The maximum Gasteiger partial charge on any atom is 0.263 e. The van der Waals surface area contributed by atoms with Crippen LogP contribution in [0.5, 0.6) is 0 Å². The second-order valence-corrected chi connectivity index (χ2v) is 6.64. The van der Waals surface area contributed by atoms with Gasteiger partial charge in [-0.2, -0.15) is 0 Å². The minimum atomic E-state index is -0.0614. The van der Waals surface area contributed by atoms with E-state index in [1.165, 1.54) is 11.3 Å². The van der Waals surface area contributed by atoms with Crippen molar-refractivity contribution >= 4 is 27.9 Å². The molecule has 1 aliphatic rings. The van der Waals surface area contributed by atoms with E-state index in [1.54, 1.807) is 7.11 Å². The van der Waals surface area contributed by atoms with E-state index in [0.29, 0.717) is 29.6 Å². The number of carbonyl (C=O) groups excluding carboxylic acids is 1. The van der Waals surface area contributed by atoms with Crippen molar-refractivity contribution in [2.24, 2.45) is 0 Å². The Kier molecular flexibility index (Phi) is 5.47. The Balaban J connectivity index is 2.21. The number of nitrogen functional groups attached to an aromatic ring is 1. The fraction of sp³-hybridized carbons (Fsp3) is 0.667. The third-order valence-electron chi connectivity index (χ3n) is 3.51. The normalized spacial score (nSPS) is 15.8. The number of carbonyl (C=O) groups is 1. The molecule has 1 fully saturated rings. The number of rotatable bonds is 8. The van der Waals surface area contributed by atoms with E-state index in [0.717, 1.165) is 29.8 Å². The van der Waals surface area contributed by atoms with E-state index in [2.05, 4.69) is 17.6 Å². The summed E-state index contributed by atoms with van der Waals surface area (Å²) in [5.41, 5.74) is 8.03. The minimum Gasteiger partial charge on any atom is -0.397 e. The largest absolute Gasteiger partial charge is 0.397 e. The van der Waals surface area contributed by atoms with Crippen LogP contribution in [0.15, 0.2) is 0 Å². The monoisotopic (exact) mass is 311 g/mol. The Morgan fingerprint density at radius 3 is 2.81 bits per heavy atom. The fourth-order valence-corrected chi connectivity index (χ4v) is 3.58. The summed E-state index contributed by atoms with van der Waals surface area (Å²) in [6.07, 6.45) is 3.23. The number of thiophene rings is 1. The number of nitrogens with one attached hydrogen (secondary N) is 2. The summed E-state index contributed by atoms with van der Waals surface area (Å²) < 4.78 is 5.16. The van der Waals surface area contributed by atoms with Crippen LogP contribution in [0.4, 0.5) is 10.7 Å². The van der Waals surface area contributed by atoms with Gasteiger partial charge in [-0.05, 0) is 32.1 Å². The lowest BCUT2D eigenvalue weighted by Gasteiger charge is -2.14. The fourth-order valence-electron chi connectivity index (χ4n) is 2.34. The van der Waals surface area contributed by atoms with Crippen LogP contribution in [0.2, 0.25) is 0 Å². The molecule has 4 N–H and O–H groups in total. The molecular weight excluding hydrogens is 286 g/mol. The summed E-state index contributed by atoms with van der Waals surface area (Å²) in [4.78, 5) is 12.8. The number of anilines is 2. The van der Waals surface area contributed by atoms with E-state index >= 15 is 0 Å². The molecule has 0 aliphatic heterocycles. The lowest BCUT2D eigenvalue weighted by Crippen LogP contribution is -2.23. The molecule has 1 amide bonds. The van der Waals surface area contributed by atoms with Gasteiger partial charge in [0.1, 0.15) is 4.88 Å². The molecule has 1 aromatic rings. The van der Waals surface area contributed by atoms with E-state index in [1.807, 2.05) is 6.92 Å². The summed E-state index contributed by atoms with van der Waals surface area (Å²) in [7, 11) is 1.69. The second-order valence-electron chi connectivity index (χ2n) is 5.62. The van der Waals surface area contributed by atoms with Gasteiger partial charge in [0.15, 0.2) is 0 Å². The van der Waals surface area contributed by atoms with E-state index in [-0.39, 0.29) is 11.9 Å². The van der Waals surface area contributed by atoms with Gasteiger partial charge in [-0.1, -0.05) is 6.92 Å². The van der Waals surface area contributed by atoms with Gasteiger partial charge in [0.2, 0.25) is 0 Å². The maximum atomic E-state index is 12.2. The molecule has 0 bridgehead atoms. The first kappa shape index (κ1) is 16.1. The zero-order valence-electron chi connectivity index (χ0n) is 13.0.